The number of amides is 2. The van der Waals surface area contributed by atoms with Crippen LogP contribution in [0.15, 0.2) is 42.5 Å². The molecule has 2 rings (SSSR count). The fourth-order valence-corrected chi connectivity index (χ4v) is 2.19. The van der Waals surface area contributed by atoms with E-state index in [1.54, 1.807) is 12.1 Å². The van der Waals surface area contributed by atoms with Gasteiger partial charge in [0.1, 0.15) is 18.1 Å². The number of halogens is 4. The van der Waals surface area contributed by atoms with E-state index in [0.29, 0.717) is 11.1 Å². The molecule has 0 spiro atoms. The molecule has 0 atom stereocenters. The van der Waals surface area contributed by atoms with Crippen LogP contribution in [0.5, 0.6) is 5.75 Å². The molecule has 2 aromatic rings. The van der Waals surface area contributed by atoms with E-state index in [0.717, 1.165) is 12.1 Å². The standard InChI is InChI=1S/C17H16F4N4O3/c18-13-7-11(28-17(19,20)21)6-5-10(13)8-24-15(26)9-25(23)16(27)12-3-1-2-4-14(12)22/h1-7H,8-9,22-23H2,(H,24,26). The van der Waals surface area contributed by atoms with E-state index in [-0.39, 0.29) is 23.4 Å². The van der Waals surface area contributed by atoms with Gasteiger partial charge >= 0.3 is 6.36 Å². The van der Waals surface area contributed by atoms with Gasteiger partial charge in [-0.3, -0.25) is 14.6 Å². The minimum Gasteiger partial charge on any atom is -0.406 e. The number of ether oxygens (including phenoxy) is 1. The second-order valence-corrected chi connectivity index (χ2v) is 5.60. The number of hydrogen-bond acceptors (Lipinski definition) is 5. The maximum absolute atomic E-state index is 13.8. The van der Waals surface area contributed by atoms with Crippen LogP contribution in [0, 0.1) is 5.82 Å². The Labute approximate surface area is 156 Å². The number of nitrogen functional groups attached to an aromatic ring is 1. The maximum atomic E-state index is 13.8. The van der Waals surface area contributed by atoms with Crippen molar-refractivity contribution in [2.45, 2.75) is 12.9 Å². The van der Waals surface area contributed by atoms with Crippen LogP contribution in [-0.4, -0.2) is 29.7 Å². The second-order valence-electron chi connectivity index (χ2n) is 5.60. The second kappa shape index (κ2) is 8.57. The summed E-state index contributed by atoms with van der Waals surface area (Å²) in [4.78, 5) is 24.1. The van der Waals surface area contributed by atoms with Gasteiger partial charge in [0.05, 0.1) is 5.56 Å². The highest BCUT2D eigenvalue weighted by atomic mass is 19.4. The lowest BCUT2D eigenvalue weighted by atomic mass is 10.1. The molecule has 0 aromatic heterocycles. The van der Waals surface area contributed by atoms with Crippen molar-refractivity contribution in [1.29, 1.82) is 0 Å². The van der Waals surface area contributed by atoms with Crippen molar-refractivity contribution in [3.63, 3.8) is 0 Å². The number of hydrazine groups is 1. The van der Waals surface area contributed by atoms with Gasteiger partial charge in [-0.2, -0.15) is 0 Å². The molecular weight excluding hydrogens is 384 g/mol. The summed E-state index contributed by atoms with van der Waals surface area (Å²) in [5, 5.41) is 2.95. The molecule has 0 saturated heterocycles. The van der Waals surface area contributed by atoms with Gasteiger partial charge in [-0.25, -0.2) is 10.2 Å². The van der Waals surface area contributed by atoms with Crippen molar-refractivity contribution in [2.24, 2.45) is 5.84 Å². The first-order chi connectivity index (χ1) is 13.1. The molecule has 0 heterocycles. The van der Waals surface area contributed by atoms with Crippen LogP contribution in [0.1, 0.15) is 15.9 Å². The Morgan fingerprint density at radius 1 is 1.14 bits per heavy atom. The summed E-state index contributed by atoms with van der Waals surface area (Å²) in [5.74, 6) is 2.45. The average molecular weight is 400 g/mol. The van der Waals surface area contributed by atoms with Crippen molar-refractivity contribution >= 4 is 17.5 Å². The summed E-state index contributed by atoms with van der Waals surface area (Å²) in [7, 11) is 0. The van der Waals surface area contributed by atoms with E-state index in [1.807, 2.05) is 0 Å². The molecule has 0 bridgehead atoms. The summed E-state index contributed by atoms with van der Waals surface area (Å²) in [6.45, 7) is -0.865. The topological polar surface area (TPSA) is 111 Å². The Hall–Kier alpha value is -3.34. The number of para-hydroxylation sites is 1. The normalized spacial score (nSPS) is 11.0. The molecule has 0 unspecified atom stereocenters. The Balaban J connectivity index is 1.91. The Morgan fingerprint density at radius 3 is 2.43 bits per heavy atom. The number of nitrogens with two attached hydrogens (primary N) is 2. The van der Waals surface area contributed by atoms with Crippen LogP contribution >= 0.6 is 0 Å². The third kappa shape index (κ3) is 5.84. The van der Waals surface area contributed by atoms with Crippen LogP contribution in [0.3, 0.4) is 0 Å². The number of nitrogens with zero attached hydrogens (tertiary/aromatic N) is 1. The molecule has 2 aromatic carbocycles. The lowest BCUT2D eigenvalue weighted by Crippen LogP contribution is -2.45. The Kier molecular flexibility index (Phi) is 6.41. The third-order valence-corrected chi connectivity index (χ3v) is 3.50. The van der Waals surface area contributed by atoms with Crippen LogP contribution in [0.2, 0.25) is 0 Å². The van der Waals surface area contributed by atoms with Gasteiger partial charge in [-0.05, 0) is 18.2 Å². The molecule has 28 heavy (non-hydrogen) atoms. The van der Waals surface area contributed by atoms with Crippen LogP contribution in [0.4, 0.5) is 23.2 Å². The fraction of sp³-hybridized carbons (Fsp3) is 0.176. The molecule has 0 radical (unpaired) electrons. The summed E-state index contributed by atoms with van der Waals surface area (Å²) >= 11 is 0. The number of carbonyl (C=O) groups is 2. The SMILES string of the molecule is Nc1ccccc1C(=O)N(N)CC(=O)NCc1ccc(OC(F)(F)F)cc1F. The lowest BCUT2D eigenvalue weighted by Gasteiger charge is -2.17. The van der Waals surface area contributed by atoms with E-state index in [2.05, 4.69) is 10.1 Å². The van der Waals surface area contributed by atoms with E-state index in [9.17, 15) is 27.2 Å². The number of alkyl halides is 3. The zero-order valence-electron chi connectivity index (χ0n) is 14.3. The average Bonchev–Trinajstić information content (AvgIpc) is 2.59. The van der Waals surface area contributed by atoms with Crippen molar-refractivity contribution in [1.82, 2.24) is 10.3 Å². The highest BCUT2D eigenvalue weighted by molar-refractivity contribution is 6.00. The van der Waals surface area contributed by atoms with E-state index < -0.39 is 36.3 Å². The molecule has 0 aliphatic carbocycles. The molecule has 0 aliphatic heterocycles. The number of hydrogen-bond donors (Lipinski definition) is 3. The Bertz CT molecular complexity index is 874. The lowest BCUT2D eigenvalue weighted by molar-refractivity contribution is -0.274. The zero-order valence-corrected chi connectivity index (χ0v) is 14.3. The van der Waals surface area contributed by atoms with Crippen molar-refractivity contribution < 1.29 is 31.9 Å². The summed E-state index contributed by atoms with van der Waals surface area (Å²) in [6.07, 6.45) is -4.94. The number of benzene rings is 2. The van der Waals surface area contributed by atoms with Crippen LogP contribution < -0.4 is 21.6 Å². The van der Waals surface area contributed by atoms with E-state index in [4.69, 9.17) is 11.6 Å². The minimum absolute atomic E-state index is 0.0786. The molecule has 5 N–H and O–H groups in total. The van der Waals surface area contributed by atoms with Crippen molar-refractivity contribution in [3.05, 3.63) is 59.4 Å². The quantitative estimate of drug-likeness (QED) is 0.226. The van der Waals surface area contributed by atoms with Gasteiger partial charge in [-0.1, -0.05) is 18.2 Å². The first-order valence-electron chi connectivity index (χ1n) is 7.79. The van der Waals surface area contributed by atoms with Gasteiger partial charge in [0.2, 0.25) is 5.91 Å². The first-order valence-corrected chi connectivity index (χ1v) is 7.79. The van der Waals surface area contributed by atoms with E-state index in [1.165, 1.54) is 12.1 Å². The smallest absolute Gasteiger partial charge is 0.406 e. The summed E-state index contributed by atoms with van der Waals surface area (Å²) < 4.78 is 53.8. The van der Waals surface area contributed by atoms with Gasteiger partial charge in [-0.15, -0.1) is 13.2 Å². The summed E-state index contributed by atoms with van der Waals surface area (Å²) in [6, 6.07) is 8.63. The summed E-state index contributed by atoms with van der Waals surface area (Å²) in [5.41, 5.74) is 5.89. The van der Waals surface area contributed by atoms with Gasteiger partial charge in [0, 0.05) is 23.9 Å². The molecule has 7 nitrogen and oxygen atoms in total. The number of rotatable bonds is 6. The molecule has 150 valence electrons. The monoisotopic (exact) mass is 400 g/mol. The largest absolute Gasteiger partial charge is 0.573 e. The highest BCUT2D eigenvalue weighted by Gasteiger charge is 2.31. The predicted molar refractivity (Wildman–Crippen MR) is 91.0 cm³/mol. The van der Waals surface area contributed by atoms with Gasteiger partial charge < -0.3 is 15.8 Å². The molecule has 0 saturated carbocycles. The molecular formula is C17H16F4N4O3. The number of carbonyl (C=O) groups excluding carboxylic acids is 2. The fourth-order valence-electron chi connectivity index (χ4n) is 2.19. The van der Waals surface area contributed by atoms with Gasteiger partial charge in [0.25, 0.3) is 5.91 Å². The Morgan fingerprint density at radius 2 is 1.82 bits per heavy atom. The van der Waals surface area contributed by atoms with Crippen LogP contribution in [-0.2, 0) is 11.3 Å². The van der Waals surface area contributed by atoms with Crippen LogP contribution in [0.25, 0.3) is 0 Å². The molecule has 0 fully saturated rings. The third-order valence-electron chi connectivity index (χ3n) is 3.50. The first kappa shape index (κ1) is 21.0. The molecule has 0 aliphatic rings. The maximum Gasteiger partial charge on any atom is 0.573 e. The van der Waals surface area contributed by atoms with Gasteiger partial charge in [0.15, 0.2) is 0 Å². The molecule has 11 heteroatoms. The van der Waals surface area contributed by atoms with E-state index >= 15 is 0 Å². The van der Waals surface area contributed by atoms with Crippen molar-refractivity contribution in [2.75, 3.05) is 12.3 Å². The highest BCUT2D eigenvalue weighted by Crippen LogP contribution is 2.24. The number of nitrogens with one attached hydrogen (secondary N) is 1. The zero-order chi connectivity index (χ0) is 20.9. The minimum atomic E-state index is -4.94. The molecule has 2 amide bonds. The predicted octanol–water partition coefficient (Wildman–Crippen LogP) is 1.94. The van der Waals surface area contributed by atoms with Crippen molar-refractivity contribution in [3.8, 4) is 5.75 Å². The number of anilines is 1.